The first-order valence-electron chi connectivity index (χ1n) is 4.67. The summed E-state index contributed by atoms with van der Waals surface area (Å²) in [5, 5.41) is 11.1. The number of methoxy groups -OCH3 is 1. The second kappa shape index (κ2) is 4.06. The fourth-order valence-electron chi connectivity index (χ4n) is 1.49. The average molecular weight is 218 g/mol. The van der Waals surface area contributed by atoms with Crippen molar-refractivity contribution in [1.82, 2.24) is 4.98 Å². The van der Waals surface area contributed by atoms with Gasteiger partial charge in [-0.3, -0.25) is 10.1 Å². The van der Waals surface area contributed by atoms with Gasteiger partial charge in [0.2, 0.25) is 6.20 Å². The van der Waals surface area contributed by atoms with Crippen LogP contribution in [0, 0.1) is 10.1 Å². The Labute approximate surface area is 91.5 Å². The Morgan fingerprint density at radius 3 is 2.94 bits per heavy atom. The molecule has 5 nitrogen and oxygen atoms in total. The molecule has 0 saturated heterocycles. The van der Waals surface area contributed by atoms with Crippen molar-refractivity contribution in [2.24, 2.45) is 0 Å². The molecule has 0 radical (unpaired) electrons. The van der Waals surface area contributed by atoms with E-state index >= 15 is 0 Å². The summed E-state index contributed by atoms with van der Waals surface area (Å²) in [7, 11) is 1.60. The molecule has 0 aliphatic carbocycles. The van der Waals surface area contributed by atoms with E-state index in [0.717, 1.165) is 22.9 Å². The van der Waals surface area contributed by atoms with Crippen molar-refractivity contribution in [3.63, 3.8) is 0 Å². The molecule has 0 unspecified atom stereocenters. The molecule has 82 valence electrons. The highest BCUT2D eigenvalue weighted by Crippen LogP contribution is 2.21. The Balaban J connectivity index is 2.40. The Morgan fingerprint density at radius 2 is 2.25 bits per heavy atom. The SMILES string of the molecule is COc1ccc2[nH]c(C=C[N+](=O)[O-])cc2c1. The molecule has 1 aromatic carbocycles. The number of aromatic nitrogens is 1. The van der Waals surface area contributed by atoms with Gasteiger partial charge in [-0.2, -0.15) is 0 Å². The van der Waals surface area contributed by atoms with Crippen molar-refractivity contribution < 1.29 is 9.66 Å². The number of nitrogens with one attached hydrogen (secondary N) is 1. The van der Waals surface area contributed by atoms with E-state index in [1.54, 1.807) is 7.11 Å². The van der Waals surface area contributed by atoms with E-state index in [0.29, 0.717) is 5.69 Å². The van der Waals surface area contributed by atoms with Gasteiger partial charge in [0, 0.05) is 22.7 Å². The third kappa shape index (κ3) is 2.03. The summed E-state index contributed by atoms with van der Waals surface area (Å²) in [5.74, 6) is 0.760. The zero-order valence-electron chi connectivity index (χ0n) is 8.64. The molecule has 0 aliphatic rings. The van der Waals surface area contributed by atoms with E-state index in [9.17, 15) is 10.1 Å². The molecule has 0 fully saturated rings. The van der Waals surface area contributed by atoms with Crippen LogP contribution in [0.15, 0.2) is 30.5 Å². The van der Waals surface area contributed by atoms with Crippen molar-refractivity contribution in [2.75, 3.05) is 7.11 Å². The minimum Gasteiger partial charge on any atom is -0.497 e. The number of nitrogens with zero attached hydrogens (tertiary/aromatic N) is 1. The van der Waals surface area contributed by atoms with Crippen LogP contribution in [0.3, 0.4) is 0 Å². The third-order valence-electron chi connectivity index (χ3n) is 2.22. The molecule has 0 amide bonds. The standard InChI is InChI=1S/C11H10N2O3/c1-16-10-2-3-11-8(7-10)6-9(12-11)4-5-13(14)15/h2-7,12H,1H3. The van der Waals surface area contributed by atoms with Gasteiger partial charge in [-0.15, -0.1) is 0 Å². The first-order chi connectivity index (χ1) is 7.69. The zero-order chi connectivity index (χ0) is 11.5. The topological polar surface area (TPSA) is 68.2 Å². The van der Waals surface area contributed by atoms with Crippen LogP contribution in [-0.2, 0) is 0 Å². The molecule has 2 aromatic rings. The van der Waals surface area contributed by atoms with Crippen LogP contribution >= 0.6 is 0 Å². The number of benzene rings is 1. The van der Waals surface area contributed by atoms with Gasteiger partial charge in [-0.25, -0.2) is 0 Å². The van der Waals surface area contributed by atoms with Crippen LogP contribution in [0.25, 0.3) is 17.0 Å². The number of fused-ring (bicyclic) bond motifs is 1. The lowest BCUT2D eigenvalue weighted by Gasteiger charge is -1.97. The van der Waals surface area contributed by atoms with Crippen molar-refractivity contribution in [3.05, 3.63) is 46.3 Å². The number of hydrogen-bond donors (Lipinski definition) is 1. The molecule has 1 N–H and O–H groups in total. The van der Waals surface area contributed by atoms with E-state index in [2.05, 4.69) is 4.98 Å². The number of aromatic amines is 1. The number of H-pyrrole nitrogens is 1. The van der Waals surface area contributed by atoms with Crippen molar-refractivity contribution in [3.8, 4) is 5.75 Å². The summed E-state index contributed by atoms with van der Waals surface area (Å²) in [6.07, 6.45) is 2.33. The lowest BCUT2D eigenvalue weighted by molar-refractivity contribution is -0.400. The molecule has 0 saturated carbocycles. The molecule has 0 atom stereocenters. The van der Waals surface area contributed by atoms with Gasteiger partial charge < -0.3 is 9.72 Å². The zero-order valence-corrected chi connectivity index (χ0v) is 8.64. The number of hydrogen-bond acceptors (Lipinski definition) is 3. The molecular formula is C11H10N2O3. The first kappa shape index (κ1) is 10.2. The molecule has 0 bridgehead atoms. The molecular weight excluding hydrogens is 208 g/mol. The Hall–Kier alpha value is -2.30. The second-order valence-corrected chi connectivity index (χ2v) is 3.28. The second-order valence-electron chi connectivity index (χ2n) is 3.28. The third-order valence-corrected chi connectivity index (χ3v) is 2.22. The summed E-state index contributed by atoms with van der Waals surface area (Å²) >= 11 is 0. The summed E-state index contributed by atoms with van der Waals surface area (Å²) in [5.41, 5.74) is 1.61. The van der Waals surface area contributed by atoms with Crippen LogP contribution < -0.4 is 4.74 Å². The van der Waals surface area contributed by atoms with Gasteiger partial charge in [0.25, 0.3) is 0 Å². The predicted octanol–water partition coefficient (Wildman–Crippen LogP) is 2.42. The molecule has 16 heavy (non-hydrogen) atoms. The summed E-state index contributed by atoms with van der Waals surface area (Å²) in [6, 6.07) is 7.41. The van der Waals surface area contributed by atoms with Crippen molar-refractivity contribution >= 4 is 17.0 Å². The summed E-state index contributed by atoms with van der Waals surface area (Å²) in [4.78, 5) is 12.7. The quantitative estimate of drug-likeness (QED) is 0.635. The largest absolute Gasteiger partial charge is 0.497 e. The molecule has 1 aromatic heterocycles. The maximum absolute atomic E-state index is 10.2. The fourth-order valence-corrected chi connectivity index (χ4v) is 1.49. The predicted molar refractivity (Wildman–Crippen MR) is 60.9 cm³/mol. The molecule has 2 rings (SSSR count). The summed E-state index contributed by atoms with van der Waals surface area (Å²) in [6.45, 7) is 0. The van der Waals surface area contributed by atoms with Crippen molar-refractivity contribution in [2.45, 2.75) is 0 Å². The van der Waals surface area contributed by atoms with Crippen LogP contribution in [0.2, 0.25) is 0 Å². The smallest absolute Gasteiger partial charge is 0.236 e. The Bertz CT molecular complexity index is 557. The lowest BCUT2D eigenvalue weighted by atomic mass is 10.2. The Morgan fingerprint density at radius 1 is 1.44 bits per heavy atom. The van der Waals surface area contributed by atoms with E-state index < -0.39 is 4.92 Å². The van der Waals surface area contributed by atoms with Gasteiger partial charge in [-0.05, 0) is 24.3 Å². The van der Waals surface area contributed by atoms with Gasteiger partial charge in [0.1, 0.15) is 5.75 Å². The van der Waals surface area contributed by atoms with Gasteiger partial charge in [-0.1, -0.05) is 0 Å². The van der Waals surface area contributed by atoms with Crippen LogP contribution in [-0.4, -0.2) is 17.0 Å². The van der Waals surface area contributed by atoms with Crippen LogP contribution in [0.1, 0.15) is 5.69 Å². The van der Waals surface area contributed by atoms with E-state index in [1.165, 1.54) is 6.08 Å². The van der Waals surface area contributed by atoms with Crippen molar-refractivity contribution in [1.29, 1.82) is 0 Å². The molecule has 5 heteroatoms. The maximum Gasteiger partial charge on any atom is 0.236 e. The Kier molecular flexibility index (Phi) is 2.59. The van der Waals surface area contributed by atoms with Crippen LogP contribution in [0.5, 0.6) is 5.75 Å². The highest BCUT2D eigenvalue weighted by Gasteiger charge is 2.00. The average Bonchev–Trinajstić information content (AvgIpc) is 2.67. The number of ether oxygens (including phenoxy) is 1. The molecule has 0 spiro atoms. The van der Waals surface area contributed by atoms with E-state index in [4.69, 9.17) is 4.74 Å². The van der Waals surface area contributed by atoms with E-state index in [-0.39, 0.29) is 0 Å². The maximum atomic E-state index is 10.2. The van der Waals surface area contributed by atoms with Gasteiger partial charge >= 0.3 is 0 Å². The summed E-state index contributed by atoms with van der Waals surface area (Å²) < 4.78 is 5.09. The first-order valence-corrected chi connectivity index (χ1v) is 4.67. The highest BCUT2D eigenvalue weighted by molar-refractivity contribution is 5.83. The number of nitro groups is 1. The lowest BCUT2D eigenvalue weighted by Crippen LogP contribution is -1.81. The van der Waals surface area contributed by atoms with Gasteiger partial charge in [0.15, 0.2) is 0 Å². The number of rotatable bonds is 3. The van der Waals surface area contributed by atoms with Crippen LogP contribution in [0.4, 0.5) is 0 Å². The van der Waals surface area contributed by atoms with E-state index in [1.807, 2.05) is 24.3 Å². The molecule has 0 aliphatic heterocycles. The highest BCUT2D eigenvalue weighted by atomic mass is 16.6. The monoisotopic (exact) mass is 218 g/mol. The van der Waals surface area contributed by atoms with Gasteiger partial charge in [0.05, 0.1) is 12.0 Å². The fraction of sp³-hybridized carbons (Fsp3) is 0.0909. The normalized spacial score (nSPS) is 11.1. The minimum atomic E-state index is -0.494. The minimum absolute atomic E-state index is 0.494. The molecule has 1 heterocycles.